The molecular formula is C12H14ClN5O2S. The smallest absolute Gasteiger partial charge is 0.183 e. The van der Waals surface area contributed by atoms with Crippen molar-refractivity contribution in [2.45, 2.75) is 13.0 Å². The Morgan fingerprint density at radius 1 is 1.43 bits per heavy atom. The zero-order valence-corrected chi connectivity index (χ0v) is 12.7. The lowest BCUT2D eigenvalue weighted by molar-refractivity contribution is 0.452. The quantitative estimate of drug-likeness (QED) is 0.844. The topological polar surface area (TPSA) is 104 Å². The molecule has 1 aliphatic heterocycles. The number of halogens is 1. The molecule has 2 N–H and O–H groups in total. The summed E-state index contributed by atoms with van der Waals surface area (Å²) in [5.74, 6) is 0.966. The summed E-state index contributed by atoms with van der Waals surface area (Å²) < 4.78 is 24.6. The second-order valence-electron chi connectivity index (χ2n) is 5.19. The van der Waals surface area contributed by atoms with Crippen LogP contribution < -0.4 is 5.73 Å². The molecule has 2 heterocycles. The van der Waals surface area contributed by atoms with Crippen LogP contribution in [0.3, 0.4) is 0 Å². The van der Waals surface area contributed by atoms with Gasteiger partial charge in [-0.2, -0.15) is 0 Å². The maximum Gasteiger partial charge on any atom is 0.183 e. The van der Waals surface area contributed by atoms with Gasteiger partial charge in [0.05, 0.1) is 16.5 Å². The summed E-state index contributed by atoms with van der Waals surface area (Å²) in [6.07, 6.45) is 0.636. The first-order valence-electron chi connectivity index (χ1n) is 6.46. The molecule has 9 heteroatoms. The molecule has 7 nitrogen and oxygen atoms in total. The lowest BCUT2D eigenvalue weighted by Gasteiger charge is -2.10. The summed E-state index contributed by atoms with van der Waals surface area (Å²) in [4.78, 5) is 0. The predicted octanol–water partition coefficient (Wildman–Crippen LogP) is 1.01. The van der Waals surface area contributed by atoms with Crippen molar-refractivity contribution in [3.63, 3.8) is 0 Å². The van der Waals surface area contributed by atoms with Crippen molar-refractivity contribution in [2.24, 2.45) is 5.92 Å². The molecule has 3 rings (SSSR count). The monoisotopic (exact) mass is 327 g/mol. The van der Waals surface area contributed by atoms with Gasteiger partial charge >= 0.3 is 0 Å². The Kier molecular flexibility index (Phi) is 3.58. The van der Waals surface area contributed by atoms with E-state index in [0.717, 1.165) is 0 Å². The van der Waals surface area contributed by atoms with E-state index in [1.807, 2.05) is 0 Å². The SMILES string of the molecule is Nc1ccc(-c2nnnn2CC2CCS(=O)(=O)C2)c(Cl)c1. The molecule has 112 valence electrons. The summed E-state index contributed by atoms with van der Waals surface area (Å²) in [6.45, 7) is 0.461. The summed E-state index contributed by atoms with van der Waals surface area (Å²) in [5.41, 5.74) is 6.91. The van der Waals surface area contributed by atoms with Gasteiger partial charge in [0.15, 0.2) is 15.7 Å². The molecule has 0 bridgehead atoms. The first-order valence-corrected chi connectivity index (χ1v) is 8.66. The highest BCUT2D eigenvalue weighted by molar-refractivity contribution is 7.91. The average Bonchev–Trinajstić information content (AvgIpc) is 2.97. The van der Waals surface area contributed by atoms with Crippen LogP contribution in [0.4, 0.5) is 5.69 Å². The molecule has 0 radical (unpaired) electrons. The van der Waals surface area contributed by atoms with Crippen LogP contribution in [0.5, 0.6) is 0 Å². The first kappa shape index (κ1) is 14.3. The standard InChI is InChI=1S/C12H14ClN5O2S/c13-11-5-9(14)1-2-10(11)12-15-16-17-18(12)6-8-3-4-21(19,20)7-8/h1-2,5,8H,3-4,6-7,14H2. The van der Waals surface area contributed by atoms with Gasteiger partial charge in [0.25, 0.3) is 0 Å². The second kappa shape index (κ2) is 5.27. The van der Waals surface area contributed by atoms with Crippen LogP contribution in [0.1, 0.15) is 6.42 Å². The third kappa shape index (κ3) is 3.01. The summed E-state index contributed by atoms with van der Waals surface area (Å²) in [5, 5.41) is 12.0. The Morgan fingerprint density at radius 3 is 2.90 bits per heavy atom. The minimum atomic E-state index is -2.91. The van der Waals surface area contributed by atoms with Crippen molar-refractivity contribution < 1.29 is 8.42 Å². The zero-order chi connectivity index (χ0) is 15.0. The van der Waals surface area contributed by atoms with Gasteiger partial charge in [0, 0.05) is 17.8 Å². The molecule has 2 aromatic rings. The van der Waals surface area contributed by atoms with Crippen molar-refractivity contribution in [1.82, 2.24) is 20.2 Å². The summed E-state index contributed by atoms with van der Waals surface area (Å²) in [6, 6.07) is 5.11. The third-order valence-electron chi connectivity index (χ3n) is 3.52. The fourth-order valence-electron chi connectivity index (χ4n) is 2.49. The van der Waals surface area contributed by atoms with Crippen LogP contribution in [0.2, 0.25) is 5.02 Å². The van der Waals surface area contributed by atoms with Gasteiger partial charge in [-0.1, -0.05) is 11.6 Å². The van der Waals surface area contributed by atoms with Crippen LogP contribution in [0.25, 0.3) is 11.4 Å². The van der Waals surface area contributed by atoms with E-state index < -0.39 is 9.84 Å². The van der Waals surface area contributed by atoms with Gasteiger partial charge < -0.3 is 5.73 Å². The zero-order valence-electron chi connectivity index (χ0n) is 11.1. The molecule has 0 saturated carbocycles. The van der Waals surface area contributed by atoms with Gasteiger partial charge in [-0.25, -0.2) is 13.1 Å². The molecule has 0 aliphatic carbocycles. The molecule has 1 aromatic carbocycles. The van der Waals surface area contributed by atoms with E-state index in [0.29, 0.717) is 35.1 Å². The van der Waals surface area contributed by atoms with E-state index >= 15 is 0 Å². The summed E-state index contributed by atoms with van der Waals surface area (Å²) >= 11 is 6.17. The molecule has 21 heavy (non-hydrogen) atoms. The number of nitrogens with zero attached hydrogens (tertiary/aromatic N) is 4. The third-order valence-corrected chi connectivity index (χ3v) is 5.67. The maximum absolute atomic E-state index is 11.5. The number of hydrogen-bond acceptors (Lipinski definition) is 6. The molecule has 1 aromatic heterocycles. The minimum absolute atomic E-state index is 0.0322. The number of rotatable bonds is 3. The normalized spacial score (nSPS) is 20.7. The van der Waals surface area contributed by atoms with Crippen molar-refractivity contribution in [3.8, 4) is 11.4 Å². The van der Waals surface area contributed by atoms with Crippen molar-refractivity contribution in [3.05, 3.63) is 23.2 Å². The number of nitrogen functional groups attached to an aromatic ring is 1. The average molecular weight is 328 g/mol. The fraction of sp³-hybridized carbons (Fsp3) is 0.417. The molecule has 1 atom stereocenters. The Balaban J connectivity index is 1.87. The van der Waals surface area contributed by atoms with E-state index in [1.54, 1.807) is 22.9 Å². The Hall–Kier alpha value is -1.67. The fourth-order valence-corrected chi connectivity index (χ4v) is 4.62. The van der Waals surface area contributed by atoms with Crippen LogP contribution in [-0.2, 0) is 16.4 Å². The van der Waals surface area contributed by atoms with Crippen LogP contribution in [0, 0.1) is 5.92 Å². The number of benzene rings is 1. The lowest BCUT2D eigenvalue weighted by atomic mass is 10.1. The number of nitrogens with two attached hydrogens (primary N) is 1. The van der Waals surface area contributed by atoms with Gasteiger partial charge in [-0.05, 0) is 41.0 Å². The molecule has 1 saturated heterocycles. The number of sulfone groups is 1. The van der Waals surface area contributed by atoms with E-state index in [4.69, 9.17) is 17.3 Å². The second-order valence-corrected chi connectivity index (χ2v) is 7.83. The number of tetrazole rings is 1. The Labute approximate surface area is 127 Å². The molecule has 1 unspecified atom stereocenters. The highest BCUT2D eigenvalue weighted by atomic mass is 35.5. The largest absolute Gasteiger partial charge is 0.399 e. The molecule has 1 aliphatic rings. The summed E-state index contributed by atoms with van der Waals surface area (Å²) in [7, 11) is -2.91. The lowest BCUT2D eigenvalue weighted by Crippen LogP contribution is -2.14. The predicted molar refractivity (Wildman–Crippen MR) is 79.4 cm³/mol. The van der Waals surface area contributed by atoms with Crippen LogP contribution >= 0.6 is 11.6 Å². The van der Waals surface area contributed by atoms with Gasteiger partial charge in [-0.15, -0.1) is 5.10 Å². The molecule has 1 fully saturated rings. The van der Waals surface area contributed by atoms with E-state index in [1.165, 1.54) is 0 Å². The van der Waals surface area contributed by atoms with Crippen molar-refractivity contribution in [2.75, 3.05) is 17.2 Å². The van der Waals surface area contributed by atoms with Crippen LogP contribution in [-0.4, -0.2) is 40.1 Å². The van der Waals surface area contributed by atoms with Gasteiger partial charge in [0.2, 0.25) is 0 Å². The number of anilines is 1. The Morgan fingerprint density at radius 2 is 2.24 bits per heavy atom. The Bertz CT molecular complexity index is 774. The molecular weight excluding hydrogens is 314 g/mol. The van der Waals surface area contributed by atoms with Crippen molar-refractivity contribution >= 4 is 27.1 Å². The molecule has 0 spiro atoms. The van der Waals surface area contributed by atoms with E-state index in [-0.39, 0.29) is 17.4 Å². The van der Waals surface area contributed by atoms with E-state index in [2.05, 4.69) is 15.5 Å². The van der Waals surface area contributed by atoms with Gasteiger partial charge in [0.1, 0.15) is 0 Å². The van der Waals surface area contributed by atoms with E-state index in [9.17, 15) is 8.42 Å². The molecule has 0 amide bonds. The number of aromatic nitrogens is 4. The highest BCUT2D eigenvalue weighted by Gasteiger charge is 2.29. The van der Waals surface area contributed by atoms with Gasteiger partial charge in [-0.3, -0.25) is 0 Å². The first-order chi connectivity index (χ1) is 9.94. The van der Waals surface area contributed by atoms with Crippen molar-refractivity contribution in [1.29, 1.82) is 0 Å². The minimum Gasteiger partial charge on any atom is -0.399 e. The van der Waals surface area contributed by atoms with Crippen LogP contribution in [0.15, 0.2) is 18.2 Å². The highest BCUT2D eigenvalue weighted by Crippen LogP contribution is 2.29. The maximum atomic E-state index is 11.5. The number of hydrogen-bond donors (Lipinski definition) is 1.